The van der Waals surface area contributed by atoms with Crippen LogP contribution in [0.15, 0.2) is 48.7 Å². The highest BCUT2D eigenvalue weighted by atomic mass is 16.6. The highest BCUT2D eigenvalue weighted by Gasteiger charge is 2.05. The first-order valence-electron chi connectivity index (χ1n) is 5.20. The normalized spacial score (nSPS) is 9.71. The molecule has 0 aliphatic rings. The molecule has 0 fully saturated rings. The van der Waals surface area contributed by atoms with E-state index < -0.39 is 6.09 Å². The molecular weight excluding hydrogens is 216 g/mol. The minimum atomic E-state index is -0.547. The Morgan fingerprint density at radius 2 is 2.00 bits per heavy atom. The van der Waals surface area contributed by atoms with Crippen molar-refractivity contribution < 1.29 is 9.53 Å². The van der Waals surface area contributed by atoms with Crippen LogP contribution in [0.25, 0.3) is 0 Å². The van der Waals surface area contributed by atoms with Crippen LogP contribution in [0.4, 0.5) is 10.6 Å². The summed E-state index contributed by atoms with van der Waals surface area (Å²) in [5.41, 5.74) is 1.02. The Hall–Kier alpha value is -2.36. The molecule has 0 spiro atoms. The second kappa shape index (κ2) is 5.12. The lowest BCUT2D eigenvalue weighted by Crippen LogP contribution is -2.17. The van der Waals surface area contributed by atoms with E-state index in [0.29, 0.717) is 11.6 Å². The quantitative estimate of drug-likeness (QED) is 0.859. The Morgan fingerprint density at radius 1 is 1.24 bits per heavy atom. The zero-order chi connectivity index (χ0) is 12.1. The largest absolute Gasteiger partial charge is 0.418 e. The highest BCUT2D eigenvalue weighted by molar-refractivity contribution is 5.85. The van der Waals surface area contributed by atoms with Crippen LogP contribution in [0.3, 0.4) is 0 Å². The molecule has 2 aromatic rings. The van der Waals surface area contributed by atoms with Crippen molar-refractivity contribution in [1.29, 1.82) is 0 Å². The molecule has 0 bridgehead atoms. The summed E-state index contributed by atoms with van der Waals surface area (Å²) in [5, 5.41) is 2.56. The molecule has 1 aromatic heterocycles. The fourth-order valence-corrected chi connectivity index (χ4v) is 1.33. The molecular formula is C13H12N2O2. The average Bonchev–Trinajstić information content (AvgIpc) is 2.30. The summed E-state index contributed by atoms with van der Waals surface area (Å²) in [6.45, 7) is 1.93. The van der Waals surface area contributed by atoms with Gasteiger partial charge in [0, 0.05) is 6.20 Å². The number of anilines is 1. The SMILES string of the molecule is Cc1ccnc(NC(=O)Oc2ccccc2)c1. The van der Waals surface area contributed by atoms with Gasteiger partial charge in [0.15, 0.2) is 0 Å². The van der Waals surface area contributed by atoms with Gasteiger partial charge in [-0.15, -0.1) is 0 Å². The van der Waals surface area contributed by atoms with Gasteiger partial charge in [0.25, 0.3) is 0 Å². The van der Waals surface area contributed by atoms with Crippen LogP contribution in [0.2, 0.25) is 0 Å². The Morgan fingerprint density at radius 3 is 2.71 bits per heavy atom. The molecule has 1 aromatic carbocycles. The highest BCUT2D eigenvalue weighted by Crippen LogP contribution is 2.10. The van der Waals surface area contributed by atoms with E-state index in [1.54, 1.807) is 36.5 Å². The number of ether oxygens (including phenoxy) is 1. The molecule has 0 saturated heterocycles. The molecule has 1 amide bonds. The number of nitrogens with zero attached hydrogens (tertiary/aromatic N) is 1. The van der Waals surface area contributed by atoms with E-state index in [1.807, 2.05) is 19.1 Å². The van der Waals surface area contributed by atoms with Gasteiger partial charge in [-0.25, -0.2) is 9.78 Å². The predicted molar refractivity (Wildman–Crippen MR) is 65.1 cm³/mol. The zero-order valence-electron chi connectivity index (χ0n) is 9.38. The van der Waals surface area contributed by atoms with E-state index in [-0.39, 0.29) is 0 Å². The molecule has 17 heavy (non-hydrogen) atoms. The first kappa shape index (κ1) is 11.1. The van der Waals surface area contributed by atoms with Crippen molar-refractivity contribution in [1.82, 2.24) is 4.98 Å². The number of aryl methyl sites for hydroxylation is 1. The number of pyridine rings is 1. The maximum Gasteiger partial charge on any atom is 0.418 e. The number of nitrogens with one attached hydrogen (secondary N) is 1. The maximum atomic E-state index is 11.5. The van der Waals surface area contributed by atoms with E-state index in [9.17, 15) is 4.79 Å². The van der Waals surface area contributed by atoms with Crippen molar-refractivity contribution in [2.75, 3.05) is 5.32 Å². The van der Waals surface area contributed by atoms with E-state index in [0.717, 1.165) is 5.56 Å². The molecule has 0 aliphatic carbocycles. The Kier molecular flexibility index (Phi) is 3.35. The smallest absolute Gasteiger partial charge is 0.410 e. The first-order chi connectivity index (χ1) is 8.24. The minimum absolute atomic E-state index is 0.478. The molecule has 0 atom stereocenters. The molecule has 0 unspecified atom stereocenters. The molecule has 4 nitrogen and oxygen atoms in total. The van der Waals surface area contributed by atoms with Gasteiger partial charge in [-0.05, 0) is 36.8 Å². The lowest BCUT2D eigenvalue weighted by atomic mass is 10.3. The Bertz CT molecular complexity index is 512. The van der Waals surface area contributed by atoms with Crippen LogP contribution in [0.1, 0.15) is 5.56 Å². The van der Waals surface area contributed by atoms with Crippen LogP contribution in [0, 0.1) is 6.92 Å². The summed E-state index contributed by atoms with van der Waals surface area (Å²) < 4.78 is 5.07. The summed E-state index contributed by atoms with van der Waals surface area (Å²) in [6.07, 6.45) is 1.09. The van der Waals surface area contributed by atoms with E-state index in [2.05, 4.69) is 10.3 Å². The van der Waals surface area contributed by atoms with Gasteiger partial charge in [0.1, 0.15) is 11.6 Å². The molecule has 1 heterocycles. The number of aromatic nitrogens is 1. The molecule has 0 saturated carbocycles. The summed E-state index contributed by atoms with van der Waals surface area (Å²) in [4.78, 5) is 15.5. The van der Waals surface area contributed by atoms with E-state index in [1.165, 1.54) is 0 Å². The van der Waals surface area contributed by atoms with Crippen LogP contribution in [0.5, 0.6) is 5.75 Å². The topological polar surface area (TPSA) is 51.2 Å². The number of amides is 1. The molecule has 0 aliphatic heterocycles. The number of hydrogen-bond donors (Lipinski definition) is 1. The summed E-state index contributed by atoms with van der Waals surface area (Å²) >= 11 is 0. The summed E-state index contributed by atoms with van der Waals surface area (Å²) in [6, 6.07) is 12.5. The average molecular weight is 228 g/mol. The zero-order valence-corrected chi connectivity index (χ0v) is 9.38. The number of hydrogen-bond acceptors (Lipinski definition) is 3. The number of para-hydroxylation sites is 1. The third-order valence-corrected chi connectivity index (χ3v) is 2.10. The standard InChI is InChI=1S/C13H12N2O2/c1-10-7-8-14-12(9-10)15-13(16)17-11-5-3-2-4-6-11/h2-9H,1H3,(H,14,15,16). The van der Waals surface area contributed by atoms with Gasteiger partial charge < -0.3 is 4.74 Å². The fourth-order valence-electron chi connectivity index (χ4n) is 1.33. The number of benzene rings is 1. The molecule has 4 heteroatoms. The Labute approximate surface area is 99.3 Å². The second-order valence-corrected chi connectivity index (χ2v) is 3.55. The van der Waals surface area contributed by atoms with Gasteiger partial charge in [-0.3, -0.25) is 5.32 Å². The second-order valence-electron chi connectivity index (χ2n) is 3.55. The van der Waals surface area contributed by atoms with Crippen LogP contribution < -0.4 is 10.1 Å². The summed E-state index contributed by atoms with van der Waals surface area (Å²) in [7, 11) is 0. The lowest BCUT2D eigenvalue weighted by molar-refractivity contribution is 0.215. The van der Waals surface area contributed by atoms with E-state index in [4.69, 9.17) is 4.74 Å². The van der Waals surface area contributed by atoms with Crippen molar-refractivity contribution >= 4 is 11.9 Å². The maximum absolute atomic E-state index is 11.5. The van der Waals surface area contributed by atoms with Crippen molar-refractivity contribution in [3.8, 4) is 5.75 Å². The van der Waals surface area contributed by atoms with Crippen molar-refractivity contribution in [2.45, 2.75) is 6.92 Å². The van der Waals surface area contributed by atoms with Crippen LogP contribution >= 0.6 is 0 Å². The number of carbonyl (C=O) groups is 1. The van der Waals surface area contributed by atoms with Gasteiger partial charge in [0.2, 0.25) is 0 Å². The Balaban J connectivity index is 1.98. The third-order valence-electron chi connectivity index (χ3n) is 2.10. The molecule has 0 radical (unpaired) electrons. The van der Waals surface area contributed by atoms with Crippen molar-refractivity contribution in [3.05, 3.63) is 54.2 Å². The van der Waals surface area contributed by atoms with Crippen molar-refractivity contribution in [3.63, 3.8) is 0 Å². The predicted octanol–water partition coefficient (Wildman–Crippen LogP) is 3.00. The van der Waals surface area contributed by atoms with E-state index >= 15 is 0 Å². The third kappa shape index (κ3) is 3.31. The number of carbonyl (C=O) groups excluding carboxylic acids is 1. The van der Waals surface area contributed by atoms with Gasteiger partial charge in [0.05, 0.1) is 0 Å². The molecule has 1 N–H and O–H groups in total. The van der Waals surface area contributed by atoms with Gasteiger partial charge >= 0.3 is 6.09 Å². The number of rotatable bonds is 2. The van der Waals surface area contributed by atoms with Crippen molar-refractivity contribution in [2.24, 2.45) is 0 Å². The van der Waals surface area contributed by atoms with Gasteiger partial charge in [-0.1, -0.05) is 18.2 Å². The minimum Gasteiger partial charge on any atom is -0.410 e. The first-order valence-corrected chi connectivity index (χ1v) is 5.20. The monoisotopic (exact) mass is 228 g/mol. The fraction of sp³-hybridized carbons (Fsp3) is 0.0769. The lowest BCUT2D eigenvalue weighted by Gasteiger charge is -2.05. The van der Waals surface area contributed by atoms with Crippen LogP contribution in [-0.4, -0.2) is 11.1 Å². The van der Waals surface area contributed by atoms with Crippen LogP contribution in [-0.2, 0) is 0 Å². The summed E-state index contributed by atoms with van der Waals surface area (Å²) in [5.74, 6) is 0.976. The van der Waals surface area contributed by atoms with Gasteiger partial charge in [-0.2, -0.15) is 0 Å². The molecule has 86 valence electrons. The molecule has 2 rings (SSSR count).